The number of aryl methyl sites for hydroxylation is 1. The molecule has 2 heterocycles. The van der Waals surface area contributed by atoms with Crippen LogP contribution in [-0.2, 0) is 11.2 Å². The number of nitrogen functional groups attached to an aromatic ring is 1. The quantitative estimate of drug-likeness (QED) is 0.855. The van der Waals surface area contributed by atoms with Crippen LogP contribution in [0, 0.1) is 12.8 Å². The van der Waals surface area contributed by atoms with E-state index in [1.54, 1.807) is 0 Å². The third-order valence-corrected chi connectivity index (χ3v) is 3.40. The monoisotopic (exact) mass is 259 g/mol. The Morgan fingerprint density at radius 1 is 1.42 bits per heavy atom. The Labute approximate surface area is 111 Å². The van der Waals surface area contributed by atoms with E-state index in [9.17, 15) is 0 Å². The van der Waals surface area contributed by atoms with Crippen molar-refractivity contribution in [3.8, 4) is 11.5 Å². The topological polar surface area (TPSA) is 74.2 Å². The molecule has 2 N–H and O–H groups in total. The van der Waals surface area contributed by atoms with Crippen LogP contribution in [0.2, 0.25) is 0 Å². The standard InChI is InChI=1S/C14H17N3O2/c1-9-2-3-12(15)11(6-9)14-16-13(17-19-14)7-10-4-5-18-8-10/h2-3,6,10H,4-5,7-8,15H2,1H3. The summed E-state index contributed by atoms with van der Waals surface area (Å²) >= 11 is 0. The van der Waals surface area contributed by atoms with Crippen molar-refractivity contribution in [3.63, 3.8) is 0 Å². The summed E-state index contributed by atoms with van der Waals surface area (Å²) in [5.74, 6) is 1.72. The lowest BCUT2D eigenvalue weighted by Gasteiger charge is -2.02. The first-order valence-corrected chi connectivity index (χ1v) is 6.49. The molecule has 1 saturated heterocycles. The molecule has 1 aromatic carbocycles. The number of nitrogens with zero attached hydrogens (tertiary/aromatic N) is 2. The largest absolute Gasteiger partial charge is 0.398 e. The first-order valence-electron chi connectivity index (χ1n) is 6.49. The summed E-state index contributed by atoms with van der Waals surface area (Å²) in [5, 5.41) is 4.03. The van der Waals surface area contributed by atoms with Gasteiger partial charge in [0.25, 0.3) is 5.89 Å². The van der Waals surface area contributed by atoms with E-state index in [-0.39, 0.29) is 0 Å². The van der Waals surface area contributed by atoms with Gasteiger partial charge in [-0.05, 0) is 31.4 Å². The van der Waals surface area contributed by atoms with Gasteiger partial charge in [-0.1, -0.05) is 16.8 Å². The number of nitrogens with two attached hydrogens (primary N) is 1. The van der Waals surface area contributed by atoms with E-state index in [1.807, 2.05) is 25.1 Å². The number of hydrogen-bond donors (Lipinski definition) is 1. The summed E-state index contributed by atoms with van der Waals surface area (Å²) in [6.07, 6.45) is 1.87. The molecule has 1 aliphatic heterocycles. The Morgan fingerprint density at radius 3 is 3.11 bits per heavy atom. The maximum Gasteiger partial charge on any atom is 0.260 e. The third-order valence-electron chi connectivity index (χ3n) is 3.40. The van der Waals surface area contributed by atoms with Gasteiger partial charge in [-0.15, -0.1) is 0 Å². The number of ether oxygens (including phenoxy) is 1. The van der Waals surface area contributed by atoms with Crippen molar-refractivity contribution < 1.29 is 9.26 Å². The summed E-state index contributed by atoms with van der Waals surface area (Å²) in [4.78, 5) is 4.43. The molecule has 0 aliphatic carbocycles. The number of rotatable bonds is 3. The highest BCUT2D eigenvalue weighted by molar-refractivity contribution is 5.70. The molecule has 5 nitrogen and oxygen atoms in total. The summed E-state index contributed by atoms with van der Waals surface area (Å²) in [6, 6.07) is 5.79. The molecule has 0 amide bonds. The van der Waals surface area contributed by atoms with E-state index in [4.69, 9.17) is 15.0 Å². The van der Waals surface area contributed by atoms with Gasteiger partial charge >= 0.3 is 0 Å². The van der Waals surface area contributed by atoms with Gasteiger partial charge in [0.1, 0.15) is 0 Å². The molecule has 0 saturated carbocycles. The van der Waals surface area contributed by atoms with E-state index >= 15 is 0 Å². The molecule has 1 aliphatic rings. The Morgan fingerprint density at radius 2 is 2.32 bits per heavy atom. The zero-order valence-corrected chi connectivity index (χ0v) is 10.9. The lowest BCUT2D eigenvalue weighted by atomic mass is 10.1. The van der Waals surface area contributed by atoms with Crippen LogP contribution in [0.3, 0.4) is 0 Å². The first kappa shape index (κ1) is 12.2. The average molecular weight is 259 g/mol. The van der Waals surface area contributed by atoms with Crippen LogP contribution in [0.4, 0.5) is 5.69 Å². The van der Waals surface area contributed by atoms with E-state index in [0.717, 1.165) is 43.0 Å². The molecule has 100 valence electrons. The second kappa shape index (κ2) is 5.01. The Kier molecular flexibility index (Phi) is 3.21. The SMILES string of the molecule is Cc1ccc(N)c(-c2nc(CC3CCOC3)no2)c1. The second-order valence-electron chi connectivity index (χ2n) is 5.04. The lowest BCUT2D eigenvalue weighted by Crippen LogP contribution is -2.04. The minimum absolute atomic E-state index is 0.495. The molecular weight excluding hydrogens is 242 g/mol. The average Bonchev–Trinajstić information content (AvgIpc) is 3.04. The van der Waals surface area contributed by atoms with Crippen molar-refractivity contribution in [2.24, 2.45) is 5.92 Å². The highest BCUT2D eigenvalue weighted by Gasteiger charge is 2.20. The smallest absolute Gasteiger partial charge is 0.260 e. The normalized spacial score (nSPS) is 18.9. The van der Waals surface area contributed by atoms with Crippen molar-refractivity contribution in [2.75, 3.05) is 18.9 Å². The fourth-order valence-corrected chi connectivity index (χ4v) is 2.30. The molecule has 3 rings (SSSR count). The molecule has 1 aromatic heterocycles. The van der Waals surface area contributed by atoms with Crippen LogP contribution < -0.4 is 5.73 Å². The first-order chi connectivity index (χ1) is 9.22. The Bertz CT molecular complexity index is 574. The molecule has 0 spiro atoms. The highest BCUT2D eigenvalue weighted by atomic mass is 16.5. The maximum atomic E-state index is 5.95. The van der Waals surface area contributed by atoms with E-state index in [2.05, 4.69) is 10.1 Å². The van der Waals surface area contributed by atoms with Crippen LogP contribution in [-0.4, -0.2) is 23.4 Å². The molecular formula is C14H17N3O2. The van der Waals surface area contributed by atoms with Crippen molar-refractivity contribution >= 4 is 5.69 Å². The van der Waals surface area contributed by atoms with Crippen LogP contribution in [0.25, 0.3) is 11.5 Å². The number of hydrogen-bond acceptors (Lipinski definition) is 5. The third kappa shape index (κ3) is 2.61. The summed E-state index contributed by atoms with van der Waals surface area (Å²) in [7, 11) is 0. The van der Waals surface area contributed by atoms with Gasteiger partial charge in [-0.25, -0.2) is 0 Å². The van der Waals surface area contributed by atoms with E-state index in [1.165, 1.54) is 0 Å². The molecule has 0 bridgehead atoms. The van der Waals surface area contributed by atoms with Gasteiger partial charge in [0.05, 0.1) is 5.56 Å². The van der Waals surface area contributed by atoms with E-state index in [0.29, 0.717) is 17.5 Å². The fraction of sp³-hybridized carbons (Fsp3) is 0.429. The van der Waals surface area contributed by atoms with Crippen molar-refractivity contribution in [2.45, 2.75) is 19.8 Å². The van der Waals surface area contributed by atoms with Crippen LogP contribution in [0.5, 0.6) is 0 Å². The minimum atomic E-state index is 0.495. The van der Waals surface area contributed by atoms with Gasteiger partial charge in [0.15, 0.2) is 5.82 Å². The number of aromatic nitrogens is 2. The summed E-state index contributed by atoms with van der Waals surface area (Å²) < 4.78 is 10.7. The lowest BCUT2D eigenvalue weighted by molar-refractivity contribution is 0.185. The number of anilines is 1. The molecule has 5 heteroatoms. The van der Waals surface area contributed by atoms with Gasteiger partial charge in [0.2, 0.25) is 0 Å². The summed E-state index contributed by atoms with van der Waals surface area (Å²) in [6.45, 7) is 3.63. The van der Waals surface area contributed by atoms with Gasteiger partial charge in [-0.3, -0.25) is 0 Å². The van der Waals surface area contributed by atoms with Crippen LogP contribution >= 0.6 is 0 Å². The van der Waals surface area contributed by atoms with E-state index < -0.39 is 0 Å². The van der Waals surface area contributed by atoms with Crippen LogP contribution in [0.1, 0.15) is 17.8 Å². The maximum absolute atomic E-state index is 5.95. The van der Waals surface area contributed by atoms with Gasteiger partial charge in [-0.2, -0.15) is 4.98 Å². The van der Waals surface area contributed by atoms with Gasteiger partial charge in [0, 0.05) is 25.3 Å². The van der Waals surface area contributed by atoms with Gasteiger partial charge < -0.3 is 15.0 Å². The minimum Gasteiger partial charge on any atom is -0.398 e. The van der Waals surface area contributed by atoms with Crippen molar-refractivity contribution in [3.05, 3.63) is 29.6 Å². The second-order valence-corrected chi connectivity index (χ2v) is 5.04. The Hall–Kier alpha value is -1.88. The Balaban J connectivity index is 1.82. The molecule has 1 fully saturated rings. The zero-order chi connectivity index (χ0) is 13.2. The molecule has 2 aromatic rings. The van der Waals surface area contributed by atoms with Crippen molar-refractivity contribution in [1.82, 2.24) is 10.1 Å². The summed E-state index contributed by atoms with van der Waals surface area (Å²) in [5.41, 5.74) is 8.53. The number of benzene rings is 1. The molecule has 0 radical (unpaired) electrons. The predicted octanol–water partition coefficient (Wildman–Crippen LogP) is 2.21. The molecule has 1 atom stereocenters. The predicted molar refractivity (Wildman–Crippen MR) is 71.5 cm³/mol. The molecule has 1 unspecified atom stereocenters. The fourth-order valence-electron chi connectivity index (χ4n) is 2.30. The van der Waals surface area contributed by atoms with Crippen LogP contribution in [0.15, 0.2) is 22.7 Å². The van der Waals surface area contributed by atoms with Crippen molar-refractivity contribution in [1.29, 1.82) is 0 Å². The highest BCUT2D eigenvalue weighted by Crippen LogP contribution is 2.26. The zero-order valence-electron chi connectivity index (χ0n) is 10.9. The molecule has 19 heavy (non-hydrogen) atoms.